The lowest BCUT2D eigenvalue weighted by atomic mass is 10.1. The number of rotatable bonds is 6. The van der Waals surface area contributed by atoms with Crippen LogP contribution in [0.1, 0.15) is 41.5 Å². The minimum atomic E-state index is -2.97. The standard InChI is InChI=1S/C20H20F2N6O3/c1-28-11-23-10-15(28)18-26-13(16-4-2-3-7-30-16)8-14(27-18)19(29)25-12-5-6-17(24-9-12)31-20(21)22/h5-6,8-11,16,20H,2-4,7H2,1H3,(H,25,29). The molecular formula is C20H20F2N6O3. The molecule has 0 radical (unpaired) electrons. The Balaban J connectivity index is 1.61. The minimum Gasteiger partial charge on any atom is -0.417 e. The van der Waals surface area contributed by atoms with Gasteiger partial charge in [-0.05, 0) is 31.4 Å². The Morgan fingerprint density at radius 1 is 1.29 bits per heavy atom. The van der Waals surface area contributed by atoms with Crippen LogP contribution in [0.25, 0.3) is 11.5 Å². The van der Waals surface area contributed by atoms with Gasteiger partial charge < -0.3 is 19.4 Å². The van der Waals surface area contributed by atoms with Crippen LogP contribution in [0.2, 0.25) is 0 Å². The highest BCUT2D eigenvalue weighted by atomic mass is 19.3. The van der Waals surface area contributed by atoms with Gasteiger partial charge in [-0.15, -0.1) is 0 Å². The van der Waals surface area contributed by atoms with Crippen molar-refractivity contribution >= 4 is 11.6 Å². The number of nitrogens with zero attached hydrogens (tertiary/aromatic N) is 5. The van der Waals surface area contributed by atoms with E-state index in [1.807, 2.05) is 7.05 Å². The van der Waals surface area contributed by atoms with E-state index in [1.54, 1.807) is 23.2 Å². The molecule has 1 fully saturated rings. The fraction of sp³-hybridized carbons (Fsp3) is 0.350. The number of pyridine rings is 1. The molecule has 4 heterocycles. The Morgan fingerprint density at radius 2 is 2.16 bits per heavy atom. The molecular weight excluding hydrogens is 410 g/mol. The first-order valence-electron chi connectivity index (χ1n) is 9.69. The number of imidazole rings is 1. The molecule has 4 rings (SSSR count). The van der Waals surface area contributed by atoms with Crippen LogP contribution in [0, 0.1) is 0 Å². The maximum Gasteiger partial charge on any atom is 0.388 e. The summed E-state index contributed by atoms with van der Waals surface area (Å²) in [4.78, 5) is 29.7. The zero-order valence-corrected chi connectivity index (χ0v) is 16.7. The SMILES string of the molecule is Cn1cncc1-c1nc(C(=O)Nc2ccc(OC(F)F)nc2)cc(C2CCCCO2)n1. The number of ether oxygens (including phenoxy) is 2. The summed E-state index contributed by atoms with van der Waals surface area (Å²) in [5, 5.41) is 2.66. The number of carbonyl (C=O) groups excluding carboxylic acids is 1. The number of hydrogen-bond acceptors (Lipinski definition) is 7. The van der Waals surface area contributed by atoms with Crippen LogP contribution in [-0.4, -0.2) is 43.6 Å². The maximum atomic E-state index is 12.9. The summed E-state index contributed by atoms with van der Waals surface area (Å²) < 4.78 is 36.3. The number of alkyl halides is 2. The number of amides is 1. The second kappa shape index (κ2) is 9.13. The average molecular weight is 430 g/mol. The number of aryl methyl sites for hydroxylation is 1. The third-order valence-corrected chi connectivity index (χ3v) is 4.74. The predicted octanol–water partition coefficient (Wildman–Crippen LogP) is 3.37. The molecule has 1 aliphatic heterocycles. The molecule has 0 saturated carbocycles. The molecule has 11 heteroatoms. The van der Waals surface area contributed by atoms with Crippen LogP contribution in [-0.2, 0) is 11.8 Å². The Kier molecular flexibility index (Phi) is 6.12. The molecule has 1 N–H and O–H groups in total. The number of halogens is 2. The van der Waals surface area contributed by atoms with Crippen molar-refractivity contribution in [1.82, 2.24) is 24.5 Å². The summed E-state index contributed by atoms with van der Waals surface area (Å²) in [6.07, 6.45) is 7.05. The summed E-state index contributed by atoms with van der Waals surface area (Å²) in [7, 11) is 1.81. The van der Waals surface area contributed by atoms with E-state index in [0.29, 0.717) is 29.5 Å². The number of nitrogens with one attached hydrogen (secondary N) is 1. The van der Waals surface area contributed by atoms with E-state index < -0.39 is 12.5 Å². The van der Waals surface area contributed by atoms with Crippen LogP contribution in [0.4, 0.5) is 14.5 Å². The zero-order valence-electron chi connectivity index (χ0n) is 16.7. The molecule has 1 amide bonds. The molecule has 1 saturated heterocycles. The van der Waals surface area contributed by atoms with Crippen molar-refractivity contribution in [3.05, 3.63) is 48.3 Å². The third kappa shape index (κ3) is 5.00. The smallest absolute Gasteiger partial charge is 0.388 e. The molecule has 0 aliphatic carbocycles. The van der Waals surface area contributed by atoms with Crippen molar-refractivity contribution in [2.45, 2.75) is 32.0 Å². The Hall–Kier alpha value is -3.47. The summed E-state index contributed by atoms with van der Waals surface area (Å²) in [6.45, 7) is -2.34. The molecule has 1 unspecified atom stereocenters. The fourth-order valence-corrected chi connectivity index (χ4v) is 3.22. The van der Waals surface area contributed by atoms with Gasteiger partial charge in [0.25, 0.3) is 5.91 Å². The van der Waals surface area contributed by atoms with Gasteiger partial charge in [-0.1, -0.05) is 0 Å². The second-order valence-corrected chi connectivity index (χ2v) is 6.96. The fourth-order valence-electron chi connectivity index (χ4n) is 3.22. The number of aromatic nitrogens is 5. The third-order valence-electron chi connectivity index (χ3n) is 4.74. The Morgan fingerprint density at radius 3 is 2.81 bits per heavy atom. The maximum absolute atomic E-state index is 12.9. The van der Waals surface area contributed by atoms with Gasteiger partial charge in [0, 0.05) is 19.7 Å². The summed E-state index contributed by atoms with van der Waals surface area (Å²) >= 11 is 0. The molecule has 0 bridgehead atoms. The van der Waals surface area contributed by atoms with E-state index in [9.17, 15) is 13.6 Å². The lowest BCUT2D eigenvalue weighted by Gasteiger charge is -2.22. The zero-order chi connectivity index (χ0) is 21.8. The Labute approximate surface area is 176 Å². The number of carbonyl (C=O) groups is 1. The van der Waals surface area contributed by atoms with Crippen LogP contribution >= 0.6 is 0 Å². The minimum absolute atomic E-state index is 0.142. The van der Waals surface area contributed by atoms with Crippen LogP contribution in [0.5, 0.6) is 5.88 Å². The van der Waals surface area contributed by atoms with E-state index in [-0.39, 0.29) is 17.7 Å². The molecule has 1 aliphatic rings. The summed E-state index contributed by atoms with van der Waals surface area (Å²) in [5.74, 6) is -0.381. The van der Waals surface area contributed by atoms with Crippen LogP contribution in [0.15, 0.2) is 36.9 Å². The molecule has 1 atom stereocenters. The molecule has 3 aromatic heterocycles. The lowest BCUT2D eigenvalue weighted by Crippen LogP contribution is -2.19. The second-order valence-electron chi connectivity index (χ2n) is 6.96. The van der Waals surface area contributed by atoms with E-state index >= 15 is 0 Å². The molecule has 3 aromatic rings. The van der Waals surface area contributed by atoms with Gasteiger partial charge in [0.05, 0.1) is 36.2 Å². The molecule has 0 spiro atoms. The van der Waals surface area contributed by atoms with Crippen molar-refractivity contribution < 1.29 is 23.0 Å². The molecule has 9 nitrogen and oxygen atoms in total. The molecule has 31 heavy (non-hydrogen) atoms. The lowest BCUT2D eigenvalue weighted by molar-refractivity contribution is -0.0528. The molecule has 162 valence electrons. The monoisotopic (exact) mass is 430 g/mol. The van der Waals surface area contributed by atoms with E-state index in [2.05, 4.69) is 30.0 Å². The van der Waals surface area contributed by atoms with Gasteiger partial charge >= 0.3 is 6.61 Å². The van der Waals surface area contributed by atoms with Crippen LogP contribution in [0.3, 0.4) is 0 Å². The van der Waals surface area contributed by atoms with E-state index in [1.165, 1.54) is 18.3 Å². The van der Waals surface area contributed by atoms with Gasteiger partial charge in [-0.3, -0.25) is 4.79 Å². The average Bonchev–Trinajstić information content (AvgIpc) is 3.21. The van der Waals surface area contributed by atoms with E-state index in [0.717, 1.165) is 19.3 Å². The first-order chi connectivity index (χ1) is 15.0. The first-order valence-corrected chi connectivity index (χ1v) is 9.69. The van der Waals surface area contributed by atoms with Crippen molar-refractivity contribution in [2.24, 2.45) is 7.05 Å². The van der Waals surface area contributed by atoms with Gasteiger partial charge in [0.15, 0.2) is 5.82 Å². The van der Waals surface area contributed by atoms with Gasteiger partial charge in [0.2, 0.25) is 5.88 Å². The predicted molar refractivity (Wildman–Crippen MR) is 106 cm³/mol. The van der Waals surface area contributed by atoms with E-state index in [4.69, 9.17) is 4.74 Å². The Bertz CT molecular complexity index is 1050. The number of hydrogen-bond donors (Lipinski definition) is 1. The van der Waals surface area contributed by atoms with Gasteiger partial charge in [-0.2, -0.15) is 8.78 Å². The highest BCUT2D eigenvalue weighted by molar-refractivity contribution is 6.03. The normalized spacial score (nSPS) is 16.3. The summed E-state index contributed by atoms with van der Waals surface area (Å²) in [5.41, 5.74) is 1.72. The molecule has 0 aromatic carbocycles. The van der Waals surface area contributed by atoms with Crippen molar-refractivity contribution in [1.29, 1.82) is 0 Å². The van der Waals surface area contributed by atoms with Gasteiger partial charge in [0.1, 0.15) is 11.4 Å². The highest BCUT2D eigenvalue weighted by Gasteiger charge is 2.22. The van der Waals surface area contributed by atoms with Crippen molar-refractivity contribution in [2.75, 3.05) is 11.9 Å². The largest absolute Gasteiger partial charge is 0.417 e. The summed E-state index contributed by atoms with van der Waals surface area (Å²) in [6, 6.07) is 4.26. The number of anilines is 1. The van der Waals surface area contributed by atoms with Crippen LogP contribution < -0.4 is 10.1 Å². The highest BCUT2D eigenvalue weighted by Crippen LogP contribution is 2.28. The topological polar surface area (TPSA) is 104 Å². The first kappa shape index (κ1) is 20.8. The quantitative estimate of drug-likeness (QED) is 0.639. The van der Waals surface area contributed by atoms with Crippen molar-refractivity contribution in [3.8, 4) is 17.4 Å². The van der Waals surface area contributed by atoms with Crippen molar-refractivity contribution in [3.63, 3.8) is 0 Å². The van der Waals surface area contributed by atoms with Gasteiger partial charge in [-0.25, -0.2) is 19.9 Å².